The van der Waals surface area contributed by atoms with E-state index in [1.165, 1.54) is 0 Å². The second kappa shape index (κ2) is 8.35. The molecule has 0 atom stereocenters. The molecule has 0 fully saturated rings. The number of hydrogen-bond donors (Lipinski definition) is 3. The molecule has 2 aromatic carbocycles. The van der Waals surface area contributed by atoms with Crippen LogP contribution in [-0.2, 0) is 11.3 Å². The van der Waals surface area contributed by atoms with Gasteiger partial charge in [-0.05, 0) is 36.9 Å². The molecule has 2 aromatic rings. The van der Waals surface area contributed by atoms with Crippen molar-refractivity contribution >= 4 is 17.5 Å². The molecule has 0 aliphatic carbocycles. The molecule has 2 amide bonds. The second-order valence-electron chi connectivity index (χ2n) is 5.82. The molecule has 3 rings (SSSR count). The Morgan fingerprint density at radius 3 is 2.73 bits per heavy atom. The van der Waals surface area contributed by atoms with Crippen LogP contribution in [0.4, 0.5) is 5.69 Å². The number of rotatable bonds is 7. The molecule has 0 aromatic heterocycles. The largest absolute Gasteiger partial charge is 0.454 e. The van der Waals surface area contributed by atoms with E-state index in [9.17, 15) is 9.59 Å². The van der Waals surface area contributed by atoms with Crippen LogP contribution in [0.15, 0.2) is 42.5 Å². The van der Waals surface area contributed by atoms with Crippen LogP contribution in [0.25, 0.3) is 0 Å². The fourth-order valence-electron chi connectivity index (χ4n) is 2.57. The van der Waals surface area contributed by atoms with E-state index in [-0.39, 0.29) is 18.6 Å². The zero-order valence-corrected chi connectivity index (χ0v) is 14.5. The van der Waals surface area contributed by atoms with E-state index in [1.54, 1.807) is 31.3 Å². The normalized spacial score (nSPS) is 11.9. The third-order valence-corrected chi connectivity index (χ3v) is 3.94. The number of amides is 2. The van der Waals surface area contributed by atoms with Crippen molar-refractivity contribution in [1.82, 2.24) is 10.6 Å². The fourth-order valence-corrected chi connectivity index (χ4v) is 2.57. The quantitative estimate of drug-likeness (QED) is 0.706. The van der Waals surface area contributed by atoms with Crippen LogP contribution in [0.2, 0.25) is 0 Å². The lowest BCUT2D eigenvalue weighted by molar-refractivity contribution is -0.116. The average Bonchev–Trinajstić information content (AvgIpc) is 3.12. The summed E-state index contributed by atoms with van der Waals surface area (Å²) >= 11 is 0. The maximum Gasteiger partial charge on any atom is 0.253 e. The molecule has 1 heterocycles. The molecule has 0 unspecified atom stereocenters. The molecule has 0 saturated heterocycles. The molecule has 1 aliphatic rings. The molecular weight excluding hydrogens is 334 g/mol. The van der Waals surface area contributed by atoms with Crippen LogP contribution >= 0.6 is 0 Å². The van der Waals surface area contributed by atoms with E-state index in [0.29, 0.717) is 42.3 Å². The number of benzene rings is 2. The molecular formula is C19H21N3O4. The summed E-state index contributed by atoms with van der Waals surface area (Å²) < 4.78 is 10.6. The summed E-state index contributed by atoms with van der Waals surface area (Å²) in [6.07, 6.45) is 0.337. The number of anilines is 1. The Balaban J connectivity index is 1.63. The van der Waals surface area contributed by atoms with Crippen molar-refractivity contribution in [3.8, 4) is 11.5 Å². The van der Waals surface area contributed by atoms with Crippen LogP contribution < -0.4 is 25.4 Å². The summed E-state index contributed by atoms with van der Waals surface area (Å²) in [6, 6.07) is 12.5. The van der Waals surface area contributed by atoms with Crippen molar-refractivity contribution in [2.45, 2.75) is 13.0 Å². The van der Waals surface area contributed by atoms with E-state index in [1.807, 2.05) is 18.2 Å². The Kier molecular flexibility index (Phi) is 5.70. The number of hydrogen-bond acceptors (Lipinski definition) is 5. The van der Waals surface area contributed by atoms with Gasteiger partial charge in [-0.3, -0.25) is 9.59 Å². The van der Waals surface area contributed by atoms with Crippen molar-refractivity contribution < 1.29 is 19.1 Å². The molecule has 1 aliphatic heterocycles. The van der Waals surface area contributed by atoms with Gasteiger partial charge in [0.2, 0.25) is 12.7 Å². The third kappa shape index (κ3) is 4.31. The Labute approximate surface area is 151 Å². The van der Waals surface area contributed by atoms with Gasteiger partial charge < -0.3 is 25.4 Å². The molecule has 7 heteroatoms. The van der Waals surface area contributed by atoms with Gasteiger partial charge in [0.25, 0.3) is 5.91 Å². The summed E-state index contributed by atoms with van der Waals surface area (Å²) in [5.41, 5.74) is 1.82. The summed E-state index contributed by atoms with van der Waals surface area (Å²) in [5.74, 6) is 0.978. The van der Waals surface area contributed by atoms with Gasteiger partial charge in [0.05, 0.1) is 11.3 Å². The predicted molar refractivity (Wildman–Crippen MR) is 97.4 cm³/mol. The highest BCUT2D eigenvalue weighted by Gasteiger charge is 2.15. The molecule has 0 bridgehead atoms. The topological polar surface area (TPSA) is 88.7 Å². The first kappa shape index (κ1) is 17.8. The average molecular weight is 355 g/mol. The van der Waals surface area contributed by atoms with Gasteiger partial charge in [0.1, 0.15) is 0 Å². The first-order valence-corrected chi connectivity index (χ1v) is 8.37. The van der Waals surface area contributed by atoms with Gasteiger partial charge in [-0.2, -0.15) is 0 Å². The summed E-state index contributed by atoms with van der Waals surface area (Å²) in [4.78, 5) is 24.5. The highest BCUT2D eigenvalue weighted by molar-refractivity contribution is 6.03. The smallest absolute Gasteiger partial charge is 0.253 e. The first-order chi connectivity index (χ1) is 12.7. The van der Waals surface area contributed by atoms with Gasteiger partial charge in [0, 0.05) is 19.5 Å². The van der Waals surface area contributed by atoms with Crippen LogP contribution in [0.5, 0.6) is 11.5 Å². The third-order valence-electron chi connectivity index (χ3n) is 3.94. The minimum absolute atomic E-state index is 0.143. The van der Waals surface area contributed by atoms with Gasteiger partial charge in [-0.15, -0.1) is 0 Å². The van der Waals surface area contributed by atoms with E-state index in [4.69, 9.17) is 9.47 Å². The van der Waals surface area contributed by atoms with E-state index in [0.717, 1.165) is 5.56 Å². The van der Waals surface area contributed by atoms with E-state index in [2.05, 4.69) is 16.0 Å². The number of carbonyl (C=O) groups excluding carboxylic acids is 2. The summed E-state index contributed by atoms with van der Waals surface area (Å²) in [7, 11) is 1.78. The molecule has 0 radical (unpaired) electrons. The lowest BCUT2D eigenvalue weighted by atomic mass is 10.1. The molecule has 7 nitrogen and oxygen atoms in total. The maximum atomic E-state index is 12.5. The van der Waals surface area contributed by atoms with Gasteiger partial charge in [-0.25, -0.2) is 0 Å². The monoisotopic (exact) mass is 355 g/mol. The van der Waals surface area contributed by atoms with Crippen LogP contribution in [0, 0.1) is 0 Å². The highest BCUT2D eigenvalue weighted by Crippen LogP contribution is 2.32. The van der Waals surface area contributed by atoms with Crippen molar-refractivity contribution in [2.24, 2.45) is 0 Å². The minimum Gasteiger partial charge on any atom is -0.454 e. The summed E-state index contributed by atoms with van der Waals surface area (Å²) in [6.45, 7) is 1.13. The fraction of sp³-hybridized carbons (Fsp3) is 0.263. The summed E-state index contributed by atoms with van der Waals surface area (Å²) in [5, 5.41) is 8.57. The zero-order valence-electron chi connectivity index (χ0n) is 14.5. The number of fused-ring (bicyclic) bond motifs is 1. The van der Waals surface area contributed by atoms with Crippen molar-refractivity contribution in [3.63, 3.8) is 0 Å². The number of carbonyl (C=O) groups is 2. The van der Waals surface area contributed by atoms with E-state index < -0.39 is 0 Å². The molecule has 3 N–H and O–H groups in total. The van der Waals surface area contributed by atoms with Crippen LogP contribution in [0.3, 0.4) is 0 Å². The standard InChI is InChI=1S/C19H21N3O4/c1-20-9-8-18(23)22-15-5-3-2-4-14(15)19(24)21-11-13-6-7-16-17(10-13)26-12-25-16/h2-7,10,20H,8-9,11-12H2,1H3,(H,21,24)(H,22,23). The highest BCUT2D eigenvalue weighted by atomic mass is 16.7. The van der Waals surface area contributed by atoms with Crippen molar-refractivity contribution in [3.05, 3.63) is 53.6 Å². The van der Waals surface area contributed by atoms with Gasteiger partial charge >= 0.3 is 0 Å². The predicted octanol–water partition coefficient (Wildman–Crippen LogP) is 1.89. The van der Waals surface area contributed by atoms with Crippen LogP contribution in [-0.4, -0.2) is 32.2 Å². The molecule has 0 spiro atoms. The number of nitrogens with one attached hydrogen (secondary N) is 3. The van der Waals surface area contributed by atoms with Crippen molar-refractivity contribution in [2.75, 3.05) is 25.7 Å². The van der Waals surface area contributed by atoms with E-state index >= 15 is 0 Å². The number of ether oxygens (including phenoxy) is 2. The minimum atomic E-state index is -0.257. The zero-order chi connectivity index (χ0) is 18.4. The first-order valence-electron chi connectivity index (χ1n) is 8.37. The second-order valence-corrected chi connectivity index (χ2v) is 5.82. The number of para-hydroxylation sites is 1. The van der Waals surface area contributed by atoms with Crippen molar-refractivity contribution in [1.29, 1.82) is 0 Å². The molecule has 0 saturated carbocycles. The Bertz CT molecular complexity index is 807. The maximum absolute atomic E-state index is 12.5. The Hall–Kier alpha value is -3.06. The lowest BCUT2D eigenvalue weighted by Gasteiger charge is -2.12. The van der Waals surface area contributed by atoms with Crippen LogP contribution in [0.1, 0.15) is 22.3 Å². The van der Waals surface area contributed by atoms with Gasteiger partial charge in [-0.1, -0.05) is 18.2 Å². The SMILES string of the molecule is CNCCC(=O)Nc1ccccc1C(=O)NCc1ccc2c(c1)OCO2. The Morgan fingerprint density at radius 2 is 1.88 bits per heavy atom. The molecule has 26 heavy (non-hydrogen) atoms. The Morgan fingerprint density at radius 1 is 1.08 bits per heavy atom. The molecule has 136 valence electrons. The van der Waals surface area contributed by atoms with Gasteiger partial charge in [0.15, 0.2) is 11.5 Å². The lowest BCUT2D eigenvalue weighted by Crippen LogP contribution is -2.25.